The maximum absolute atomic E-state index is 11.7. The first-order valence-electron chi connectivity index (χ1n) is 10.0. The number of benzene rings is 2. The number of rotatable bonds is 7. The van der Waals surface area contributed by atoms with Crippen molar-refractivity contribution in [3.05, 3.63) is 97.6 Å². The predicted molar refractivity (Wildman–Crippen MR) is 124 cm³/mol. The number of aryl methyl sites for hydroxylation is 2. The molecular formula is C23H23N5O3S. The Morgan fingerprint density at radius 2 is 1.88 bits per heavy atom. The summed E-state index contributed by atoms with van der Waals surface area (Å²) >= 11 is 1.58. The lowest BCUT2D eigenvalue weighted by molar-refractivity contribution is 0.414. The number of nitrogens with zero attached hydrogens (tertiary/aromatic N) is 3. The minimum absolute atomic E-state index is 0.243. The standard InChI is InChI=1S/C23H23N5O3S/c1-14-7-8-15(2)16(9-14)13-32-23-27-26-20(10-17-11-21(29)25-22(30)24-17)28(23)18-5-4-6-19(12-18)31-3/h4-9,11-12H,10,13H2,1-3H3,(H2,24,25,29,30). The summed E-state index contributed by atoms with van der Waals surface area (Å²) in [5, 5.41) is 9.49. The lowest BCUT2D eigenvalue weighted by Gasteiger charge is -2.12. The molecule has 0 saturated carbocycles. The first-order chi connectivity index (χ1) is 15.4. The van der Waals surface area contributed by atoms with Crippen molar-refractivity contribution in [3.8, 4) is 11.4 Å². The molecule has 0 amide bonds. The van der Waals surface area contributed by atoms with E-state index < -0.39 is 11.2 Å². The molecular weight excluding hydrogens is 426 g/mol. The molecule has 0 aliphatic heterocycles. The second kappa shape index (κ2) is 9.27. The van der Waals surface area contributed by atoms with Gasteiger partial charge in [0.25, 0.3) is 5.56 Å². The SMILES string of the molecule is COc1cccc(-n2c(Cc3cc(=O)[nH]c(=O)[nH]3)nnc2SCc2cc(C)ccc2C)c1. The van der Waals surface area contributed by atoms with Crippen LogP contribution in [0.15, 0.2) is 63.3 Å². The minimum Gasteiger partial charge on any atom is -0.497 e. The van der Waals surface area contributed by atoms with Crippen LogP contribution in [0.3, 0.4) is 0 Å². The number of H-pyrrole nitrogens is 2. The van der Waals surface area contributed by atoms with E-state index in [1.807, 2.05) is 28.8 Å². The summed E-state index contributed by atoms with van der Waals surface area (Å²) in [6.45, 7) is 4.17. The third-order valence-electron chi connectivity index (χ3n) is 5.04. The topological polar surface area (TPSA) is 106 Å². The van der Waals surface area contributed by atoms with Crippen LogP contribution in [0, 0.1) is 13.8 Å². The van der Waals surface area contributed by atoms with E-state index in [0.717, 1.165) is 11.4 Å². The van der Waals surface area contributed by atoms with Gasteiger partial charge in [0.05, 0.1) is 12.8 Å². The number of thioether (sulfide) groups is 1. The van der Waals surface area contributed by atoms with Crippen molar-refractivity contribution in [2.45, 2.75) is 31.2 Å². The number of methoxy groups -OCH3 is 1. The van der Waals surface area contributed by atoms with Gasteiger partial charge in [-0.25, -0.2) is 4.79 Å². The molecule has 8 nitrogen and oxygen atoms in total. The normalized spacial score (nSPS) is 11.0. The number of hydrogen-bond acceptors (Lipinski definition) is 6. The Morgan fingerprint density at radius 3 is 2.66 bits per heavy atom. The third-order valence-corrected chi connectivity index (χ3v) is 6.02. The van der Waals surface area contributed by atoms with E-state index in [4.69, 9.17) is 4.74 Å². The highest BCUT2D eigenvalue weighted by Gasteiger charge is 2.17. The zero-order chi connectivity index (χ0) is 22.7. The van der Waals surface area contributed by atoms with E-state index in [9.17, 15) is 9.59 Å². The second-order valence-electron chi connectivity index (χ2n) is 7.44. The number of hydrogen-bond donors (Lipinski definition) is 2. The van der Waals surface area contributed by atoms with Gasteiger partial charge in [-0.05, 0) is 37.1 Å². The van der Waals surface area contributed by atoms with Crippen LogP contribution in [-0.2, 0) is 12.2 Å². The van der Waals surface area contributed by atoms with E-state index in [0.29, 0.717) is 22.4 Å². The number of nitrogens with one attached hydrogen (secondary N) is 2. The van der Waals surface area contributed by atoms with Crippen LogP contribution < -0.4 is 16.0 Å². The van der Waals surface area contributed by atoms with Gasteiger partial charge in [0, 0.05) is 30.0 Å². The molecule has 2 N–H and O–H groups in total. The zero-order valence-corrected chi connectivity index (χ0v) is 18.8. The first kappa shape index (κ1) is 21.6. The maximum atomic E-state index is 11.7. The Morgan fingerprint density at radius 1 is 1.03 bits per heavy atom. The molecule has 9 heteroatoms. The van der Waals surface area contributed by atoms with Gasteiger partial charge in [0.15, 0.2) is 5.16 Å². The molecule has 2 heterocycles. The second-order valence-corrected chi connectivity index (χ2v) is 8.39. The van der Waals surface area contributed by atoms with Crippen LogP contribution in [0.5, 0.6) is 5.75 Å². The van der Waals surface area contributed by atoms with Crippen LogP contribution in [0.2, 0.25) is 0 Å². The van der Waals surface area contributed by atoms with Crippen molar-refractivity contribution >= 4 is 11.8 Å². The molecule has 0 radical (unpaired) electrons. The van der Waals surface area contributed by atoms with E-state index >= 15 is 0 Å². The van der Waals surface area contributed by atoms with E-state index in [2.05, 4.69) is 52.2 Å². The van der Waals surface area contributed by atoms with Gasteiger partial charge in [0.2, 0.25) is 0 Å². The average Bonchev–Trinajstić information content (AvgIpc) is 3.16. The molecule has 4 aromatic rings. The summed E-state index contributed by atoms with van der Waals surface area (Å²) in [4.78, 5) is 28.2. The quantitative estimate of drug-likeness (QED) is 0.420. The highest BCUT2D eigenvalue weighted by molar-refractivity contribution is 7.98. The highest BCUT2D eigenvalue weighted by atomic mass is 32.2. The lowest BCUT2D eigenvalue weighted by atomic mass is 10.1. The van der Waals surface area contributed by atoms with E-state index in [-0.39, 0.29) is 6.42 Å². The first-order valence-corrected chi connectivity index (χ1v) is 11.0. The summed E-state index contributed by atoms with van der Waals surface area (Å²) < 4.78 is 7.32. The van der Waals surface area contributed by atoms with Crippen molar-refractivity contribution in [3.63, 3.8) is 0 Å². The number of aromatic nitrogens is 5. The fraction of sp³-hybridized carbons (Fsp3) is 0.217. The monoisotopic (exact) mass is 449 g/mol. The number of ether oxygens (including phenoxy) is 1. The average molecular weight is 450 g/mol. The molecule has 2 aromatic carbocycles. The molecule has 164 valence electrons. The fourth-order valence-electron chi connectivity index (χ4n) is 3.40. The molecule has 0 saturated heterocycles. The minimum atomic E-state index is -0.551. The molecule has 0 bridgehead atoms. The predicted octanol–water partition coefficient (Wildman–Crippen LogP) is 3.15. The molecule has 0 aliphatic rings. The molecule has 0 spiro atoms. The maximum Gasteiger partial charge on any atom is 0.325 e. The smallest absolute Gasteiger partial charge is 0.325 e. The van der Waals surface area contributed by atoms with Crippen molar-refractivity contribution in [2.24, 2.45) is 0 Å². The molecule has 0 fully saturated rings. The van der Waals surface area contributed by atoms with Crippen LogP contribution in [0.25, 0.3) is 5.69 Å². The van der Waals surface area contributed by atoms with Gasteiger partial charge in [-0.2, -0.15) is 0 Å². The van der Waals surface area contributed by atoms with Gasteiger partial charge in [-0.15, -0.1) is 10.2 Å². The van der Waals surface area contributed by atoms with Crippen LogP contribution in [0.1, 0.15) is 28.2 Å². The van der Waals surface area contributed by atoms with Gasteiger partial charge in [-0.1, -0.05) is 41.6 Å². The Bertz CT molecular complexity index is 1340. The fourth-order valence-corrected chi connectivity index (χ4v) is 4.43. The van der Waals surface area contributed by atoms with Crippen molar-refractivity contribution in [1.82, 2.24) is 24.7 Å². The summed E-state index contributed by atoms with van der Waals surface area (Å²) in [7, 11) is 1.61. The van der Waals surface area contributed by atoms with E-state index in [1.165, 1.54) is 22.8 Å². The largest absolute Gasteiger partial charge is 0.497 e. The Labute approximate surface area is 188 Å². The zero-order valence-electron chi connectivity index (χ0n) is 18.0. The number of aromatic amines is 2. The Balaban J connectivity index is 1.73. The summed E-state index contributed by atoms with van der Waals surface area (Å²) in [5.74, 6) is 2.04. The molecule has 32 heavy (non-hydrogen) atoms. The highest BCUT2D eigenvalue weighted by Crippen LogP contribution is 2.28. The summed E-state index contributed by atoms with van der Waals surface area (Å²) in [5.41, 5.74) is 3.94. The lowest BCUT2D eigenvalue weighted by Crippen LogP contribution is -2.23. The van der Waals surface area contributed by atoms with Gasteiger partial charge < -0.3 is 9.72 Å². The molecule has 2 aromatic heterocycles. The molecule has 4 rings (SSSR count). The summed E-state index contributed by atoms with van der Waals surface area (Å²) in [6.07, 6.45) is 0.243. The van der Waals surface area contributed by atoms with Crippen molar-refractivity contribution in [2.75, 3.05) is 7.11 Å². The summed E-state index contributed by atoms with van der Waals surface area (Å²) in [6, 6.07) is 15.4. The van der Waals surface area contributed by atoms with E-state index in [1.54, 1.807) is 18.9 Å². The third kappa shape index (κ3) is 4.83. The van der Waals surface area contributed by atoms with Gasteiger partial charge in [-0.3, -0.25) is 14.3 Å². The van der Waals surface area contributed by atoms with Gasteiger partial charge >= 0.3 is 5.69 Å². The van der Waals surface area contributed by atoms with Crippen molar-refractivity contribution < 1.29 is 4.74 Å². The van der Waals surface area contributed by atoms with Crippen LogP contribution >= 0.6 is 11.8 Å². The molecule has 0 aliphatic carbocycles. The van der Waals surface area contributed by atoms with Crippen LogP contribution in [0.4, 0.5) is 0 Å². The molecule has 0 atom stereocenters. The van der Waals surface area contributed by atoms with Crippen molar-refractivity contribution in [1.29, 1.82) is 0 Å². The molecule has 0 unspecified atom stereocenters. The van der Waals surface area contributed by atoms with Gasteiger partial charge in [0.1, 0.15) is 11.6 Å². The Kier molecular flexibility index (Phi) is 6.27. The Hall–Kier alpha value is -3.59. The van der Waals surface area contributed by atoms with Crippen LogP contribution in [-0.4, -0.2) is 31.8 Å².